The highest BCUT2D eigenvalue weighted by molar-refractivity contribution is 6.09. The maximum atomic E-state index is 13.1. The van der Waals surface area contributed by atoms with Crippen molar-refractivity contribution in [3.8, 4) is 5.75 Å². The molecule has 0 aliphatic rings. The van der Waals surface area contributed by atoms with E-state index in [0.717, 1.165) is 28.2 Å². The molecule has 0 aliphatic carbocycles. The van der Waals surface area contributed by atoms with Crippen LogP contribution in [-0.4, -0.2) is 28.3 Å². The number of benzene rings is 3. The van der Waals surface area contributed by atoms with Gasteiger partial charge in [0.15, 0.2) is 0 Å². The van der Waals surface area contributed by atoms with Crippen LogP contribution in [-0.2, 0) is 12.6 Å². The van der Waals surface area contributed by atoms with E-state index in [4.69, 9.17) is 0 Å². The van der Waals surface area contributed by atoms with Crippen molar-refractivity contribution in [2.24, 2.45) is 0 Å². The summed E-state index contributed by atoms with van der Waals surface area (Å²) in [6, 6.07) is 15.3. The van der Waals surface area contributed by atoms with Crippen molar-refractivity contribution in [2.75, 3.05) is 11.9 Å². The zero-order chi connectivity index (χ0) is 23.0. The number of nitrogens with zero attached hydrogens (tertiary/aromatic N) is 2. The first-order chi connectivity index (χ1) is 15.1. The number of hydrogen-bond donors (Lipinski definition) is 2. The Hall–Kier alpha value is -3.81. The third kappa shape index (κ3) is 4.16. The summed E-state index contributed by atoms with van der Waals surface area (Å²) in [6.07, 6.45) is -4.01. The number of rotatable bonds is 4. The summed E-state index contributed by atoms with van der Waals surface area (Å²) in [7, 11) is 1.37. The Kier molecular flexibility index (Phi) is 5.38. The second-order valence-electron chi connectivity index (χ2n) is 7.66. The lowest BCUT2D eigenvalue weighted by atomic mass is 10.0. The van der Waals surface area contributed by atoms with Gasteiger partial charge in [-0.2, -0.15) is 18.3 Å². The Morgan fingerprint density at radius 3 is 2.56 bits per heavy atom. The fourth-order valence-electron chi connectivity index (χ4n) is 3.62. The standard InChI is InChI=1S/C24H20F3N3O2/c1-14-5-3-6-15(9-14)10-20-18-12-19(22(31)13-21(18)29-28-20)23(32)30(2)17-8-4-7-16(11-17)24(25,26)27/h3-9,11-13,31H,10H2,1-2H3,(H,28,29). The van der Waals surface area contributed by atoms with Crippen LogP contribution in [0.5, 0.6) is 5.75 Å². The number of aromatic amines is 1. The van der Waals surface area contributed by atoms with Crippen LogP contribution in [0, 0.1) is 6.92 Å². The van der Waals surface area contributed by atoms with Crippen LogP contribution in [0.15, 0.2) is 60.7 Å². The molecule has 4 aromatic rings. The summed E-state index contributed by atoms with van der Waals surface area (Å²) >= 11 is 0. The highest BCUT2D eigenvalue weighted by Crippen LogP contribution is 2.33. The summed E-state index contributed by atoms with van der Waals surface area (Å²) in [5.74, 6) is -0.918. The van der Waals surface area contributed by atoms with Crippen LogP contribution in [0.3, 0.4) is 0 Å². The molecule has 0 saturated heterocycles. The number of alkyl halides is 3. The minimum Gasteiger partial charge on any atom is -0.507 e. The Morgan fingerprint density at radius 1 is 1.09 bits per heavy atom. The van der Waals surface area contributed by atoms with E-state index in [1.54, 1.807) is 0 Å². The van der Waals surface area contributed by atoms with E-state index < -0.39 is 17.6 Å². The van der Waals surface area contributed by atoms with Crippen LogP contribution in [0.25, 0.3) is 10.9 Å². The quantitative estimate of drug-likeness (QED) is 0.444. The number of H-pyrrole nitrogens is 1. The first-order valence-electron chi connectivity index (χ1n) is 9.84. The van der Waals surface area contributed by atoms with E-state index in [2.05, 4.69) is 10.2 Å². The van der Waals surface area contributed by atoms with Gasteiger partial charge in [0.1, 0.15) is 5.75 Å². The number of hydrogen-bond acceptors (Lipinski definition) is 3. The van der Waals surface area contributed by atoms with Gasteiger partial charge in [-0.15, -0.1) is 0 Å². The molecule has 1 heterocycles. The zero-order valence-corrected chi connectivity index (χ0v) is 17.4. The maximum absolute atomic E-state index is 13.1. The smallest absolute Gasteiger partial charge is 0.416 e. The molecule has 3 aromatic carbocycles. The third-order valence-corrected chi connectivity index (χ3v) is 5.31. The number of fused-ring (bicyclic) bond motifs is 1. The molecule has 0 aliphatic heterocycles. The lowest BCUT2D eigenvalue weighted by molar-refractivity contribution is -0.137. The topological polar surface area (TPSA) is 69.2 Å². The molecule has 2 N–H and O–H groups in total. The van der Waals surface area contributed by atoms with Gasteiger partial charge in [0.2, 0.25) is 0 Å². The number of phenolic OH excluding ortho intramolecular Hbond substituents is 1. The summed E-state index contributed by atoms with van der Waals surface area (Å²) in [6.45, 7) is 1.99. The first kappa shape index (κ1) is 21.4. The Bertz CT molecular complexity index is 1310. The van der Waals surface area contributed by atoms with Crippen molar-refractivity contribution in [2.45, 2.75) is 19.5 Å². The number of aryl methyl sites for hydroxylation is 1. The van der Waals surface area contributed by atoms with Crippen molar-refractivity contribution in [3.05, 3.63) is 88.6 Å². The van der Waals surface area contributed by atoms with Crippen molar-refractivity contribution in [1.29, 1.82) is 0 Å². The molecule has 5 nitrogen and oxygen atoms in total. The SMILES string of the molecule is Cc1cccc(Cc2n[nH]c3cc(O)c(C(=O)N(C)c4cccc(C(F)(F)F)c4)cc23)c1. The third-order valence-electron chi connectivity index (χ3n) is 5.31. The zero-order valence-electron chi connectivity index (χ0n) is 17.4. The van der Waals surface area contributed by atoms with Gasteiger partial charge in [-0.3, -0.25) is 9.89 Å². The van der Waals surface area contributed by atoms with Gasteiger partial charge in [0, 0.05) is 30.6 Å². The highest BCUT2D eigenvalue weighted by Gasteiger charge is 2.31. The molecule has 0 atom stereocenters. The van der Waals surface area contributed by atoms with Crippen LogP contribution in [0.4, 0.5) is 18.9 Å². The van der Waals surface area contributed by atoms with E-state index in [-0.39, 0.29) is 17.0 Å². The van der Waals surface area contributed by atoms with E-state index in [9.17, 15) is 23.1 Å². The number of aromatic hydroxyl groups is 1. The fraction of sp³-hybridized carbons (Fsp3) is 0.167. The van der Waals surface area contributed by atoms with Gasteiger partial charge in [-0.05, 0) is 36.8 Å². The second-order valence-corrected chi connectivity index (χ2v) is 7.66. The van der Waals surface area contributed by atoms with Gasteiger partial charge in [-0.25, -0.2) is 0 Å². The number of halogens is 3. The number of carbonyl (C=O) groups is 1. The fourth-order valence-corrected chi connectivity index (χ4v) is 3.62. The number of phenols is 1. The van der Waals surface area contributed by atoms with Gasteiger partial charge >= 0.3 is 6.18 Å². The molecular formula is C24H20F3N3O2. The minimum absolute atomic E-state index is 0.0238. The van der Waals surface area contributed by atoms with Crippen LogP contribution in [0.1, 0.15) is 32.7 Å². The van der Waals surface area contributed by atoms with Gasteiger partial charge in [0.25, 0.3) is 5.91 Å². The molecule has 0 spiro atoms. The molecule has 32 heavy (non-hydrogen) atoms. The number of aromatic nitrogens is 2. The molecular weight excluding hydrogens is 419 g/mol. The maximum Gasteiger partial charge on any atom is 0.416 e. The van der Waals surface area contributed by atoms with Crippen LogP contribution < -0.4 is 4.90 Å². The molecule has 0 saturated carbocycles. The number of carbonyl (C=O) groups excluding carboxylic acids is 1. The molecule has 0 bridgehead atoms. The largest absolute Gasteiger partial charge is 0.507 e. The lowest BCUT2D eigenvalue weighted by Crippen LogP contribution is -2.26. The summed E-state index contributed by atoms with van der Waals surface area (Å²) in [5.41, 5.74) is 2.59. The number of nitrogens with one attached hydrogen (secondary N) is 1. The normalized spacial score (nSPS) is 11.7. The van der Waals surface area contributed by atoms with Crippen LogP contribution in [0.2, 0.25) is 0 Å². The predicted octanol–water partition coefficient (Wildman–Crippen LogP) is 5.46. The van der Waals surface area contributed by atoms with Gasteiger partial charge in [0.05, 0.1) is 22.3 Å². The van der Waals surface area contributed by atoms with Crippen LogP contribution >= 0.6 is 0 Å². The number of anilines is 1. The molecule has 0 fully saturated rings. The Balaban J connectivity index is 1.69. The average molecular weight is 439 g/mol. The molecule has 1 amide bonds. The Morgan fingerprint density at radius 2 is 1.84 bits per heavy atom. The van der Waals surface area contributed by atoms with Crippen molar-refractivity contribution in [1.82, 2.24) is 10.2 Å². The van der Waals surface area contributed by atoms with Gasteiger partial charge in [-0.1, -0.05) is 35.9 Å². The average Bonchev–Trinajstić information content (AvgIpc) is 3.13. The molecule has 0 radical (unpaired) electrons. The Labute approximate surface area is 182 Å². The van der Waals surface area contributed by atoms with E-state index in [0.29, 0.717) is 23.0 Å². The molecule has 0 unspecified atom stereocenters. The van der Waals surface area contributed by atoms with E-state index in [1.165, 1.54) is 31.3 Å². The summed E-state index contributed by atoms with van der Waals surface area (Å²) in [5, 5.41) is 18.2. The number of amides is 1. The molecule has 1 aromatic heterocycles. The van der Waals surface area contributed by atoms with Crippen molar-refractivity contribution in [3.63, 3.8) is 0 Å². The molecule has 4 rings (SSSR count). The summed E-state index contributed by atoms with van der Waals surface area (Å²) in [4.78, 5) is 14.1. The van der Waals surface area contributed by atoms with E-state index in [1.807, 2.05) is 31.2 Å². The monoisotopic (exact) mass is 439 g/mol. The highest BCUT2D eigenvalue weighted by atomic mass is 19.4. The van der Waals surface area contributed by atoms with Crippen molar-refractivity contribution < 1.29 is 23.1 Å². The van der Waals surface area contributed by atoms with E-state index >= 15 is 0 Å². The van der Waals surface area contributed by atoms with Crippen molar-refractivity contribution >= 4 is 22.5 Å². The molecule has 8 heteroatoms. The first-order valence-corrected chi connectivity index (χ1v) is 9.84. The predicted molar refractivity (Wildman–Crippen MR) is 116 cm³/mol. The molecule has 164 valence electrons. The van der Waals surface area contributed by atoms with Gasteiger partial charge < -0.3 is 10.0 Å². The lowest BCUT2D eigenvalue weighted by Gasteiger charge is -2.19. The summed E-state index contributed by atoms with van der Waals surface area (Å²) < 4.78 is 39.2. The second kappa shape index (κ2) is 8.03. The minimum atomic E-state index is -4.53.